The molecule has 5 nitrogen and oxygen atoms in total. The third-order valence-electron chi connectivity index (χ3n) is 2.25. The first kappa shape index (κ1) is 14.3. The van der Waals surface area contributed by atoms with Crippen LogP contribution in [0.1, 0.15) is 18.4 Å². The van der Waals surface area contributed by atoms with Gasteiger partial charge < -0.3 is 14.9 Å². The Morgan fingerprint density at radius 1 is 1.17 bits per heavy atom. The highest BCUT2D eigenvalue weighted by molar-refractivity contribution is 5.80. The number of hydrogen-bond acceptors (Lipinski definition) is 4. The summed E-state index contributed by atoms with van der Waals surface area (Å²) in [6, 6.07) is 9.39. The fourth-order valence-electron chi connectivity index (χ4n) is 1.45. The molecule has 18 heavy (non-hydrogen) atoms. The molecule has 0 aliphatic rings. The van der Waals surface area contributed by atoms with Crippen LogP contribution in [0, 0.1) is 0 Å². The van der Waals surface area contributed by atoms with Gasteiger partial charge in [0, 0.05) is 6.42 Å². The number of carbonyl (C=O) groups excluding carboxylic acids is 1. The van der Waals surface area contributed by atoms with Gasteiger partial charge >= 0.3 is 5.97 Å². The zero-order chi connectivity index (χ0) is 13.4. The Labute approximate surface area is 105 Å². The van der Waals surface area contributed by atoms with Crippen LogP contribution < -0.4 is 0 Å². The van der Waals surface area contributed by atoms with Crippen molar-refractivity contribution in [2.75, 3.05) is 6.61 Å². The minimum atomic E-state index is -1.14. The van der Waals surface area contributed by atoms with E-state index in [1.165, 1.54) is 0 Å². The predicted octanol–water partition coefficient (Wildman–Crippen LogP) is 0.998. The first-order valence-electron chi connectivity index (χ1n) is 5.61. The summed E-state index contributed by atoms with van der Waals surface area (Å²) in [5.41, 5.74) is 0.955. The lowest BCUT2D eigenvalue weighted by Gasteiger charge is -2.07. The maximum absolute atomic E-state index is 11.3. The number of Topliss-reactive ketones (excluding diaryl/α,β-unsaturated/α-hetero) is 1. The van der Waals surface area contributed by atoms with E-state index in [4.69, 9.17) is 9.84 Å². The molecule has 2 N–H and O–H groups in total. The molecule has 5 heteroatoms. The number of rotatable bonds is 8. The summed E-state index contributed by atoms with van der Waals surface area (Å²) in [5.74, 6) is -1.43. The molecule has 1 aromatic carbocycles. The van der Waals surface area contributed by atoms with Crippen molar-refractivity contribution in [3.63, 3.8) is 0 Å². The van der Waals surface area contributed by atoms with Crippen LogP contribution in [0.5, 0.6) is 0 Å². The van der Waals surface area contributed by atoms with E-state index < -0.39 is 18.5 Å². The quantitative estimate of drug-likeness (QED) is 0.721. The van der Waals surface area contributed by atoms with Crippen molar-refractivity contribution in [3.8, 4) is 0 Å². The van der Waals surface area contributed by atoms with E-state index in [1.54, 1.807) is 0 Å². The van der Waals surface area contributed by atoms with Gasteiger partial charge in [0.1, 0.15) is 6.61 Å². The molecule has 0 aliphatic heterocycles. The van der Waals surface area contributed by atoms with Gasteiger partial charge in [-0.25, -0.2) is 0 Å². The molecule has 0 amide bonds. The van der Waals surface area contributed by atoms with E-state index in [0.29, 0.717) is 6.61 Å². The van der Waals surface area contributed by atoms with Gasteiger partial charge in [-0.2, -0.15) is 0 Å². The molecule has 1 atom stereocenters. The average molecular weight is 252 g/mol. The normalized spacial score (nSPS) is 12.1. The molecular formula is C13H16O5. The third kappa shape index (κ3) is 6.12. The van der Waals surface area contributed by atoms with Gasteiger partial charge in [0.2, 0.25) is 0 Å². The van der Waals surface area contributed by atoms with E-state index in [9.17, 15) is 14.7 Å². The Morgan fingerprint density at radius 3 is 2.44 bits per heavy atom. The topological polar surface area (TPSA) is 83.8 Å². The number of aliphatic carboxylic acids is 1. The van der Waals surface area contributed by atoms with Gasteiger partial charge in [0.05, 0.1) is 19.1 Å². The Kier molecular flexibility index (Phi) is 6.04. The van der Waals surface area contributed by atoms with E-state index in [1.807, 2.05) is 30.3 Å². The zero-order valence-electron chi connectivity index (χ0n) is 9.91. The molecule has 0 saturated heterocycles. The van der Waals surface area contributed by atoms with Crippen LogP contribution in [-0.2, 0) is 20.9 Å². The molecule has 98 valence electrons. The molecule has 0 aliphatic carbocycles. The second kappa shape index (κ2) is 7.58. The van der Waals surface area contributed by atoms with E-state index >= 15 is 0 Å². The first-order valence-corrected chi connectivity index (χ1v) is 5.61. The Balaban J connectivity index is 2.19. The summed E-state index contributed by atoms with van der Waals surface area (Å²) < 4.78 is 5.18. The van der Waals surface area contributed by atoms with Crippen molar-refractivity contribution >= 4 is 11.8 Å². The highest BCUT2D eigenvalue weighted by Gasteiger charge is 2.14. The van der Waals surface area contributed by atoms with Gasteiger partial charge in [0.25, 0.3) is 0 Å². The summed E-state index contributed by atoms with van der Waals surface area (Å²) in [4.78, 5) is 21.6. The summed E-state index contributed by atoms with van der Waals surface area (Å²) >= 11 is 0. The van der Waals surface area contributed by atoms with Gasteiger partial charge in [-0.15, -0.1) is 0 Å². The van der Waals surface area contributed by atoms with Crippen LogP contribution in [0.15, 0.2) is 30.3 Å². The number of carboxylic acid groups (broad SMARTS) is 1. The summed E-state index contributed by atoms with van der Waals surface area (Å²) in [7, 11) is 0. The van der Waals surface area contributed by atoms with E-state index in [-0.39, 0.29) is 18.8 Å². The third-order valence-corrected chi connectivity index (χ3v) is 2.25. The van der Waals surface area contributed by atoms with Crippen molar-refractivity contribution in [3.05, 3.63) is 35.9 Å². The maximum atomic E-state index is 11.3. The zero-order valence-corrected chi connectivity index (χ0v) is 9.91. The molecular weight excluding hydrogens is 236 g/mol. The molecule has 0 saturated carbocycles. The van der Waals surface area contributed by atoms with Crippen molar-refractivity contribution in [2.45, 2.75) is 25.6 Å². The van der Waals surface area contributed by atoms with E-state index in [2.05, 4.69) is 0 Å². The van der Waals surface area contributed by atoms with Crippen molar-refractivity contribution in [1.29, 1.82) is 0 Å². The first-order chi connectivity index (χ1) is 8.58. The van der Waals surface area contributed by atoms with Crippen LogP contribution in [0.4, 0.5) is 0 Å². The average Bonchev–Trinajstić information content (AvgIpc) is 2.29. The minimum Gasteiger partial charge on any atom is -0.481 e. The SMILES string of the molecule is O=C(O)CC(O)CC(=O)COCc1ccccc1. The molecule has 0 fully saturated rings. The molecule has 0 heterocycles. The standard InChI is InChI=1S/C13H16O5/c14-11(7-13(16)17)6-12(15)9-18-8-10-4-2-1-3-5-10/h1-5,11,14H,6-9H2,(H,16,17). The smallest absolute Gasteiger partial charge is 0.305 e. The molecule has 0 radical (unpaired) electrons. The number of carbonyl (C=O) groups is 2. The summed E-state index contributed by atoms with van der Waals surface area (Å²) in [5, 5.41) is 17.7. The van der Waals surface area contributed by atoms with Crippen molar-refractivity contribution < 1.29 is 24.5 Å². The number of hydrogen-bond donors (Lipinski definition) is 2. The molecule has 0 aromatic heterocycles. The molecule has 1 rings (SSSR count). The summed E-state index contributed by atoms with van der Waals surface area (Å²) in [6.07, 6.45) is -1.76. The lowest BCUT2D eigenvalue weighted by Crippen LogP contribution is -2.20. The minimum absolute atomic E-state index is 0.119. The van der Waals surface area contributed by atoms with E-state index in [0.717, 1.165) is 5.56 Å². The van der Waals surface area contributed by atoms with Crippen LogP contribution in [0.2, 0.25) is 0 Å². The largest absolute Gasteiger partial charge is 0.481 e. The van der Waals surface area contributed by atoms with Gasteiger partial charge in [-0.3, -0.25) is 9.59 Å². The second-order valence-electron chi connectivity index (χ2n) is 3.97. The Morgan fingerprint density at radius 2 is 1.83 bits per heavy atom. The van der Waals surface area contributed by atoms with Gasteiger partial charge in [-0.05, 0) is 5.56 Å². The number of aliphatic hydroxyl groups excluding tert-OH is 1. The molecule has 1 aromatic rings. The van der Waals surface area contributed by atoms with Crippen LogP contribution >= 0.6 is 0 Å². The number of aliphatic hydroxyl groups is 1. The highest BCUT2D eigenvalue weighted by atomic mass is 16.5. The predicted molar refractivity (Wildman–Crippen MR) is 64.0 cm³/mol. The van der Waals surface area contributed by atoms with Gasteiger partial charge in [-0.1, -0.05) is 30.3 Å². The number of ether oxygens (including phenoxy) is 1. The summed E-state index contributed by atoms with van der Waals surface area (Å²) in [6.45, 7) is 0.202. The lowest BCUT2D eigenvalue weighted by molar-refractivity contribution is -0.139. The number of carboxylic acids is 1. The van der Waals surface area contributed by atoms with Crippen molar-refractivity contribution in [1.82, 2.24) is 0 Å². The maximum Gasteiger partial charge on any atom is 0.305 e. The second-order valence-corrected chi connectivity index (χ2v) is 3.97. The van der Waals surface area contributed by atoms with Crippen LogP contribution in [0.3, 0.4) is 0 Å². The molecule has 0 bridgehead atoms. The number of benzene rings is 1. The van der Waals surface area contributed by atoms with Crippen LogP contribution in [0.25, 0.3) is 0 Å². The highest BCUT2D eigenvalue weighted by Crippen LogP contribution is 2.03. The van der Waals surface area contributed by atoms with Gasteiger partial charge in [0.15, 0.2) is 5.78 Å². The monoisotopic (exact) mass is 252 g/mol. The lowest BCUT2D eigenvalue weighted by atomic mass is 10.1. The number of ketones is 1. The fraction of sp³-hybridized carbons (Fsp3) is 0.385. The molecule has 1 unspecified atom stereocenters. The molecule has 0 spiro atoms. The van der Waals surface area contributed by atoms with Crippen LogP contribution in [-0.4, -0.2) is 34.7 Å². The Hall–Kier alpha value is -1.72. The Bertz CT molecular complexity index is 388. The fourth-order valence-corrected chi connectivity index (χ4v) is 1.45. The van der Waals surface area contributed by atoms with Crippen molar-refractivity contribution in [2.24, 2.45) is 0 Å².